The quantitative estimate of drug-likeness (QED) is 0.482. The summed E-state index contributed by atoms with van der Waals surface area (Å²) in [6.45, 7) is 6.83. The third kappa shape index (κ3) is 5.75. The van der Waals surface area contributed by atoms with Crippen molar-refractivity contribution in [2.24, 2.45) is 0 Å². The smallest absolute Gasteiger partial charge is 0.253 e. The number of carbonyl (C=O) groups excluding carboxylic acids is 1. The Bertz CT molecular complexity index is 1040. The number of carbonyl (C=O) groups is 1. The number of rotatable bonds is 6. The lowest BCUT2D eigenvalue weighted by Crippen LogP contribution is -2.48. The van der Waals surface area contributed by atoms with Crippen LogP contribution in [0.3, 0.4) is 0 Å². The molecule has 1 fully saturated rings. The molecule has 3 aromatic carbocycles. The van der Waals surface area contributed by atoms with Crippen LogP contribution in [0, 0.1) is 6.92 Å². The molecule has 4 nitrogen and oxygen atoms in total. The summed E-state index contributed by atoms with van der Waals surface area (Å²) in [5, 5.41) is 0. The largest absolute Gasteiger partial charge is 0.489 e. The highest BCUT2D eigenvalue weighted by molar-refractivity contribution is 9.10. The molecule has 0 aliphatic carbocycles. The number of halogens is 1. The van der Waals surface area contributed by atoms with E-state index in [9.17, 15) is 4.79 Å². The molecule has 1 saturated heterocycles. The fourth-order valence-electron chi connectivity index (χ4n) is 3.84. The topological polar surface area (TPSA) is 32.8 Å². The van der Waals surface area contributed by atoms with Crippen molar-refractivity contribution in [3.05, 3.63) is 99.5 Å². The van der Waals surface area contributed by atoms with Gasteiger partial charge in [-0.05, 0) is 53.9 Å². The van der Waals surface area contributed by atoms with Crippen molar-refractivity contribution in [1.29, 1.82) is 0 Å². The molecule has 0 spiro atoms. The molecule has 5 heteroatoms. The van der Waals surface area contributed by atoms with Crippen LogP contribution in [0.1, 0.15) is 27.0 Å². The second-order valence-electron chi connectivity index (χ2n) is 7.94. The molecule has 0 atom stereocenters. The van der Waals surface area contributed by atoms with Crippen molar-refractivity contribution in [3.63, 3.8) is 0 Å². The number of piperazine rings is 1. The number of benzene rings is 3. The van der Waals surface area contributed by atoms with Crippen LogP contribution in [-0.2, 0) is 13.2 Å². The van der Waals surface area contributed by atoms with E-state index in [1.165, 1.54) is 11.1 Å². The molecule has 0 aromatic heterocycles. The van der Waals surface area contributed by atoms with E-state index in [2.05, 4.69) is 52.0 Å². The second kappa shape index (κ2) is 10.1. The first-order valence-corrected chi connectivity index (χ1v) is 11.4. The monoisotopic (exact) mass is 478 g/mol. The average Bonchev–Trinajstić information content (AvgIpc) is 2.79. The van der Waals surface area contributed by atoms with Gasteiger partial charge >= 0.3 is 0 Å². The highest BCUT2D eigenvalue weighted by atomic mass is 79.9. The van der Waals surface area contributed by atoms with Gasteiger partial charge in [0, 0.05) is 42.8 Å². The zero-order valence-corrected chi connectivity index (χ0v) is 19.3. The summed E-state index contributed by atoms with van der Waals surface area (Å²) in [4.78, 5) is 17.4. The zero-order chi connectivity index (χ0) is 21.6. The number of nitrogens with zero attached hydrogens (tertiary/aromatic N) is 2. The van der Waals surface area contributed by atoms with Crippen LogP contribution in [-0.4, -0.2) is 41.9 Å². The molecule has 0 unspecified atom stereocenters. The second-order valence-corrected chi connectivity index (χ2v) is 8.86. The van der Waals surface area contributed by atoms with E-state index in [0.717, 1.165) is 54.1 Å². The van der Waals surface area contributed by atoms with Crippen LogP contribution >= 0.6 is 15.9 Å². The van der Waals surface area contributed by atoms with E-state index >= 15 is 0 Å². The lowest BCUT2D eigenvalue weighted by molar-refractivity contribution is 0.0628. The fourth-order valence-corrected chi connectivity index (χ4v) is 4.22. The van der Waals surface area contributed by atoms with Crippen molar-refractivity contribution < 1.29 is 9.53 Å². The Morgan fingerprint density at radius 2 is 1.71 bits per heavy atom. The molecule has 31 heavy (non-hydrogen) atoms. The Balaban J connectivity index is 1.32. The molecule has 1 amide bonds. The molecule has 0 radical (unpaired) electrons. The third-order valence-electron chi connectivity index (χ3n) is 5.69. The van der Waals surface area contributed by atoms with Gasteiger partial charge in [0.1, 0.15) is 12.4 Å². The summed E-state index contributed by atoms with van der Waals surface area (Å²) < 4.78 is 6.85. The maximum Gasteiger partial charge on any atom is 0.253 e. The fraction of sp³-hybridized carbons (Fsp3) is 0.269. The lowest BCUT2D eigenvalue weighted by atomic mass is 10.1. The molecule has 1 aliphatic rings. The van der Waals surface area contributed by atoms with Gasteiger partial charge in [0.2, 0.25) is 0 Å². The Hall–Kier alpha value is -2.63. The Kier molecular flexibility index (Phi) is 7.05. The van der Waals surface area contributed by atoms with Crippen LogP contribution in [0.25, 0.3) is 0 Å². The van der Waals surface area contributed by atoms with Gasteiger partial charge in [-0.1, -0.05) is 58.4 Å². The maximum atomic E-state index is 13.1. The summed E-state index contributed by atoms with van der Waals surface area (Å²) in [5.41, 5.74) is 4.40. The van der Waals surface area contributed by atoms with Crippen molar-refractivity contribution in [1.82, 2.24) is 9.80 Å². The summed E-state index contributed by atoms with van der Waals surface area (Å²) in [7, 11) is 0. The number of hydrogen-bond donors (Lipinski definition) is 0. The molecule has 1 heterocycles. The zero-order valence-electron chi connectivity index (χ0n) is 17.8. The van der Waals surface area contributed by atoms with E-state index < -0.39 is 0 Å². The van der Waals surface area contributed by atoms with Gasteiger partial charge in [-0.2, -0.15) is 0 Å². The van der Waals surface area contributed by atoms with E-state index in [1.54, 1.807) is 0 Å². The summed E-state index contributed by atoms with van der Waals surface area (Å²) in [6, 6.07) is 24.0. The highest BCUT2D eigenvalue weighted by Gasteiger charge is 2.22. The Morgan fingerprint density at radius 3 is 2.48 bits per heavy atom. The predicted octanol–water partition coefficient (Wildman–Crippen LogP) is 5.29. The van der Waals surface area contributed by atoms with Crippen LogP contribution < -0.4 is 4.74 Å². The van der Waals surface area contributed by atoms with Crippen molar-refractivity contribution >= 4 is 21.8 Å². The van der Waals surface area contributed by atoms with Crippen molar-refractivity contribution in [2.45, 2.75) is 20.1 Å². The number of aryl methyl sites for hydroxylation is 1. The molecular weight excluding hydrogens is 452 g/mol. The molecule has 160 valence electrons. The normalized spacial score (nSPS) is 14.5. The SMILES string of the molecule is Cc1ccccc1CN1CCN(C(=O)c2cccc(COc3cccc(Br)c3)c2)CC1. The van der Waals surface area contributed by atoms with Crippen LogP contribution in [0.15, 0.2) is 77.3 Å². The van der Waals surface area contributed by atoms with Gasteiger partial charge in [-0.25, -0.2) is 0 Å². The minimum Gasteiger partial charge on any atom is -0.489 e. The number of hydrogen-bond acceptors (Lipinski definition) is 3. The Morgan fingerprint density at radius 1 is 0.935 bits per heavy atom. The average molecular weight is 479 g/mol. The molecule has 0 N–H and O–H groups in total. The number of ether oxygens (including phenoxy) is 1. The molecule has 4 rings (SSSR count). The van der Waals surface area contributed by atoms with Gasteiger partial charge in [0.15, 0.2) is 0 Å². The van der Waals surface area contributed by atoms with Gasteiger partial charge in [0.25, 0.3) is 5.91 Å². The standard InChI is InChI=1S/C26H27BrN2O2/c1-20-6-2-3-8-23(20)18-28-12-14-29(15-13-28)26(30)22-9-4-7-21(16-22)19-31-25-11-5-10-24(27)17-25/h2-11,16-17H,12-15,18-19H2,1H3. The van der Waals surface area contributed by atoms with E-state index in [-0.39, 0.29) is 5.91 Å². The lowest BCUT2D eigenvalue weighted by Gasteiger charge is -2.35. The van der Waals surface area contributed by atoms with Gasteiger partial charge in [-0.3, -0.25) is 9.69 Å². The first-order chi connectivity index (χ1) is 15.1. The first-order valence-electron chi connectivity index (χ1n) is 10.6. The predicted molar refractivity (Wildman–Crippen MR) is 127 cm³/mol. The molecule has 0 bridgehead atoms. The maximum absolute atomic E-state index is 13.1. The van der Waals surface area contributed by atoms with Gasteiger partial charge in [0.05, 0.1) is 0 Å². The van der Waals surface area contributed by atoms with Gasteiger partial charge < -0.3 is 9.64 Å². The highest BCUT2D eigenvalue weighted by Crippen LogP contribution is 2.20. The van der Waals surface area contributed by atoms with Crippen LogP contribution in [0.2, 0.25) is 0 Å². The van der Waals surface area contributed by atoms with E-state index in [1.807, 2.05) is 53.4 Å². The van der Waals surface area contributed by atoms with Crippen molar-refractivity contribution in [2.75, 3.05) is 26.2 Å². The molecule has 0 saturated carbocycles. The van der Waals surface area contributed by atoms with Crippen LogP contribution in [0.4, 0.5) is 0 Å². The first kappa shape index (κ1) is 21.6. The minimum atomic E-state index is 0.0971. The van der Waals surface area contributed by atoms with Gasteiger partial charge in [-0.15, -0.1) is 0 Å². The third-order valence-corrected chi connectivity index (χ3v) is 6.18. The summed E-state index contributed by atoms with van der Waals surface area (Å²) in [6.07, 6.45) is 0. The summed E-state index contributed by atoms with van der Waals surface area (Å²) >= 11 is 3.46. The van der Waals surface area contributed by atoms with E-state index in [0.29, 0.717) is 6.61 Å². The van der Waals surface area contributed by atoms with E-state index in [4.69, 9.17) is 4.74 Å². The Labute approximate surface area is 192 Å². The molecule has 1 aliphatic heterocycles. The molecule has 3 aromatic rings. The minimum absolute atomic E-state index is 0.0971. The van der Waals surface area contributed by atoms with Crippen molar-refractivity contribution in [3.8, 4) is 5.75 Å². The molecular formula is C26H27BrN2O2. The summed E-state index contributed by atoms with van der Waals surface area (Å²) in [5.74, 6) is 0.899. The van der Waals surface area contributed by atoms with Crippen LogP contribution in [0.5, 0.6) is 5.75 Å². The number of amides is 1.